The number of urea groups is 1. The lowest BCUT2D eigenvalue weighted by atomic mass is 10.1. The molecule has 0 aromatic rings. The van der Waals surface area contributed by atoms with E-state index in [9.17, 15) is 9.59 Å². The quantitative estimate of drug-likeness (QED) is 0.619. The fraction of sp³-hybridized carbons (Fsp3) is 0.833. The van der Waals surface area contributed by atoms with Gasteiger partial charge in [-0.1, -0.05) is 6.92 Å². The lowest BCUT2D eigenvalue weighted by molar-refractivity contribution is -0.137. The van der Waals surface area contributed by atoms with Gasteiger partial charge in [-0.15, -0.1) is 0 Å². The summed E-state index contributed by atoms with van der Waals surface area (Å²) in [7, 11) is 2.02. The summed E-state index contributed by atoms with van der Waals surface area (Å²) in [6, 6.07) is -0.283. The van der Waals surface area contributed by atoms with Gasteiger partial charge in [-0.3, -0.25) is 4.79 Å². The molecule has 0 bridgehead atoms. The number of amides is 2. The minimum Gasteiger partial charge on any atom is -0.481 e. The fourth-order valence-electron chi connectivity index (χ4n) is 1.90. The lowest BCUT2D eigenvalue weighted by Crippen LogP contribution is -2.48. The van der Waals surface area contributed by atoms with E-state index >= 15 is 0 Å². The molecule has 0 saturated carbocycles. The van der Waals surface area contributed by atoms with Crippen molar-refractivity contribution in [2.24, 2.45) is 5.92 Å². The number of carboxylic acids is 1. The van der Waals surface area contributed by atoms with Gasteiger partial charge < -0.3 is 25.4 Å². The normalized spacial score (nSPS) is 21.7. The van der Waals surface area contributed by atoms with E-state index < -0.39 is 5.97 Å². The molecular formula is C12H23N3O4. The van der Waals surface area contributed by atoms with E-state index in [1.807, 2.05) is 7.05 Å². The van der Waals surface area contributed by atoms with E-state index in [1.165, 1.54) is 0 Å². The molecule has 1 saturated heterocycles. The molecule has 1 aliphatic heterocycles. The summed E-state index contributed by atoms with van der Waals surface area (Å²) in [5, 5.41) is 14.0. The number of morpholine rings is 1. The highest BCUT2D eigenvalue weighted by atomic mass is 16.5. The highest BCUT2D eigenvalue weighted by molar-refractivity contribution is 5.74. The maximum absolute atomic E-state index is 11.5. The second-order valence-corrected chi connectivity index (χ2v) is 5.05. The molecular weight excluding hydrogens is 250 g/mol. The highest BCUT2D eigenvalue weighted by Crippen LogP contribution is 2.01. The summed E-state index contributed by atoms with van der Waals surface area (Å²) in [6.07, 6.45) is 0.0672. The highest BCUT2D eigenvalue weighted by Gasteiger charge is 2.18. The van der Waals surface area contributed by atoms with Gasteiger partial charge in [0.2, 0.25) is 0 Å². The zero-order valence-electron chi connectivity index (χ0n) is 11.5. The van der Waals surface area contributed by atoms with Gasteiger partial charge >= 0.3 is 12.0 Å². The predicted octanol–water partition coefficient (Wildman–Crippen LogP) is -0.273. The molecule has 3 N–H and O–H groups in total. The van der Waals surface area contributed by atoms with Gasteiger partial charge in [-0.25, -0.2) is 4.79 Å². The number of aliphatic carboxylic acids is 1. The van der Waals surface area contributed by atoms with Crippen molar-refractivity contribution in [3.05, 3.63) is 0 Å². The monoisotopic (exact) mass is 273 g/mol. The zero-order valence-corrected chi connectivity index (χ0v) is 11.5. The Morgan fingerprint density at radius 3 is 2.84 bits per heavy atom. The number of carbonyl (C=O) groups is 2. The van der Waals surface area contributed by atoms with E-state index in [1.54, 1.807) is 6.92 Å². The number of hydrogen-bond donors (Lipinski definition) is 3. The van der Waals surface area contributed by atoms with Gasteiger partial charge in [-0.2, -0.15) is 0 Å². The van der Waals surface area contributed by atoms with Crippen LogP contribution in [0.25, 0.3) is 0 Å². The molecule has 0 aromatic carbocycles. The van der Waals surface area contributed by atoms with Crippen molar-refractivity contribution in [3.8, 4) is 0 Å². The van der Waals surface area contributed by atoms with Crippen LogP contribution in [0, 0.1) is 5.92 Å². The second-order valence-electron chi connectivity index (χ2n) is 5.05. The van der Waals surface area contributed by atoms with Crippen molar-refractivity contribution in [2.75, 3.05) is 39.8 Å². The largest absolute Gasteiger partial charge is 0.481 e. The topological polar surface area (TPSA) is 90.9 Å². The molecule has 1 rings (SSSR count). The Kier molecular flexibility index (Phi) is 6.58. The van der Waals surface area contributed by atoms with E-state index in [-0.39, 0.29) is 24.5 Å². The molecule has 2 atom stereocenters. The molecule has 1 heterocycles. The third-order valence-electron chi connectivity index (χ3n) is 2.97. The van der Waals surface area contributed by atoms with Crippen molar-refractivity contribution in [1.82, 2.24) is 15.5 Å². The average Bonchev–Trinajstić information content (AvgIpc) is 2.33. The fourth-order valence-corrected chi connectivity index (χ4v) is 1.90. The van der Waals surface area contributed by atoms with Crippen LogP contribution >= 0.6 is 0 Å². The van der Waals surface area contributed by atoms with Crippen LogP contribution in [0.3, 0.4) is 0 Å². The van der Waals surface area contributed by atoms with Crippen molar-refractivity contribution >= 4 is 12.0 Å². The molecule has 110 valence electrons. The Morgan fingerprint density at radius 1 is 1.47 bits per heavy atom. The van der Waals surface area contributed by atoms with E-state index in [0.29, 0.717) is 19.7 Å². The molecule has 0 aromatic heterocycles. The van der Waals surface area contributed by atoms with E-state index in [0.717, 1.165) is 13.1 Å². The molecule has 7 nitrogen and oxygen atoms in total. The first-order valence-corrected chi connectivity index (χ1v) is 6.51. The van der Waals surface area contributed by atoms with Crippen LogP contribution in [-0.2, 0) is 9.53 Å². The summed E-state index contributed by atoms with van der Waals surface area (Å²) in [4.78, 5) is 24.1. The first-order chi connectivity index (χ1) is 8.97. The minimum atomic E-state index is -0.853. The summed E-state index contributed by atoms with van der Waals surface area (Å²) in [5.41, 5.74) is 0. The Balaban J connectivity index is 2.12. The smallest absolute Gasteiger partial charge is 0.314 e. The number of likely N-dealkylation sites (N-methyl/N-ethyl adjacent to an activating group) is 1. The summed E-state index contributed by atoms with van der Waals surface area (Å²) >= 11 is 0. The molecule has 0 spiro atoms. The first kappa shape index (κ1) is 15.7. The first-order valence-electron chi connectivity index (χ1n) is 6.51. The minimum absolute atomic E-state index is 0.0148. The number of ether oxygens (including phenoxy) is 1. The third-order valence-corrected chi connectivity index (χ3v) is 2.97. The SMILES string of the molecule is CC(CNC(=O)NCC1CN(C)CCO1)CC(=O)O. The Hall–Kier alpha value is -1.34. The summed E-state index contributed by atoms with van der Waals surface area (Å²) in [6.45, 7) is 4.99. The molecule has 1 aliphatic rings. The molecule has 2 amide bonds. The van der Waals surface area contributed by atoms with Gasteiger partial charge in [-0.05, 0) is 13.0 Å². The molecule has 2 unspecified atom stereocenters. The summed E-state index contributed by atoms with van der Waals surface area (Å²) < 4.78 is 5.52. The van der Waals surface area contributed by atoms with Crippen molar-refractivity contribution in [1.29, 1.82) is 0 Å². The number of hydrogen-bond acceptors (Lipinski definition) is 4. The van der Waals surface area contributed by atoms with Gasteiger partial charge in [0.15, 0.2) is 0 Å². The zero-order chi connectivity index (χ0) is 14.3. The molecule has 0 radical (unpaired) electrons. The molecule has 19 heavy (non-hydrogen) atoms. The van der Waals surface area contributed by atoms with Gasteiger partial charge in [0.1, 0.15) is 0 Å². The number of nitrogens with one attached hydrogen (secondary N) is 2. The Bertz CT molecular complexity index is 311. The number of nitrogens with zero attached hydrogens (tertiary/aromatic N) is 1. The Labute approximate surface area is 113 Å². The van der Waals surface area contributed by atoms with Crippen LogP contribution in [0.4, 0.5) is 4.79 Å². The van der Waals surface area contributed by atoms with Crippen molar-refractivity contribution in [3.63, 3.8) is 0 Å². The predicted molar refractivity (Wildman–Crippen MR) is 70.1 cm³/mol. The molecule has 1 fully saturated rings. The van der Waals surface area contributed by atoms with Crippen LogP contribution in [0.1, 0.15) is 13.3 Å². The molecule has 0 aliphatic carbocycles. The summed E-state index contributed by atoms with van der Waals surface area (Å²) in [5.74, 6) is -0.936. The van der Waals surface area contributed by atoms with Crippen LogP contribution in [0.2, 0.25) is 0 Å². The average molecular weight is 273 g/mol. The van der Waals surface area contributed by atoms with E-state index in [4.69, 9.17) is 9.84 Å². The van der Waals surface area contributed by atoms with Crippen LogP contribution in [-0.4, -0.2) is 67.9 Å². The van der Waals surface area contributed by atoms with Crippen LogP contribution in [0.5, 0.6) is 0 Å². The standard InChI is InChI=1S/C12H23N3O4/c1-9(5-11(16)17)6-13-12(18)14-7-10-8-15(2)3-4-19-10/h9-10H,3-8H2,1-2H3,(H,16,17)(H2,13,14,18). The third kappa shape index (κ3) is 6.97. The van der Waals surface area contributed by atoms with Crippen molar-refractivity contribution < 1.29 is 19.4 Å². The Morgan fingerprint density at radius 2 is 2.21 bits per heavy atom. The van der Waals surface area contributed by atoms with Crippen LogP contribution < -0.4 is 10.6 Å². The van der Waals surface area contributed by atoms with E-state index in [2.05, 4.69) is 15.5 Å². The second kappa shape index (κ2) is 7.96. The van der Waals surface area contributed by atoms with Crippen molar-refractivity contribution in [2.45, 2.75) is 19.4 Å². The number of carboxylic acid groups (broad SMARTS) is 1. The number of rotatable bonds is 6. The number of carbonyl (C=O) groups excluding carboxylic acids is 1. The van der Waals surface area contributed by atoms with Gasteiger partial charge in [0.25, 0.3) is 0 Å². The van der Waals surface area contributed by atoms with Crippen LogP contribution in [0.15, 0.2) is 0 Å². The van der Waals surface area contributed by atoms with Gasteiger partial charge in [0, 0.05) is 32.6 Å². The maximum Gasteiger partial charge on any atom is 0.314 e. The lowest BCUT2D eigenvalue weighted by Gasteiger charge is -2.30. The molecule has 7 heteroatoms. The maximum atomic E-state index is 11.5. The van der Waals surface area contributed by atoms with Gasteiger partial charge in [0.05, 0.1) is 12.7 Å².